The van der Waals surface area contributed by atoms with Crippen LogP contribution in [0.1, 0.15) is 19.0 Å². The topological polar surface area (TPSA) is 55.6 Å². The second-order valence-electron chi connectivity index (χ2n) is 3.93. The average molecular weight is 247 g/mol. The van der Waals surface area contributed by atoms with Crippen LogP contribution < -0.4 is 5.32 Å². The Labute approximate surface area is 106 Å². The zero-order valence-corrected chi connectivity index (χ0v) is 10.4. The maximum atomic E-state index is 11.1. The standard InChI is InChI=1S/C13H17N3O2/c1-2-18-13(17)6-7-14-9-11-10-16-8-4-3-5-12(16)15-11/h3-5,8,10,14H,2,6-7,9H2,1H3. The third kappa shape index (κ3) is 3.30. The van der Waals surface area contributed by atoms with E-state index in [9.17, 15) is 4.79 Å². The fraction of sp³-hybridized carbons (Fsp3) is 0.385. The summed E-state index contributed by atoms with van der Waals surface area (Å²) in [6.07, 6.45) is 4.33. The number of ether oxygens (including phenoxy) is 1. The fourth-order valence-corrected chi connectivity index (χ4v) is 1.71. The minimum Gasteiger partial charge on any atom is -0.466 e. The smallest absolute Gasteiger partial charge is 0.307 e. The van der Waals surface area contributed by atoms with Gasteiger partial charge in [0, 0.05) is 25.5 Å². The van der Waals surface area contributed by atoms with Crippen LogP contribution in [-0.2, 0) is 16.1 Å². The summed E-state index contributed by atoms with van der Waals surface area (Å²) < 4.78 is 6.82. The minimum absolute atomic E-state index is 0.167. The minimum atomic E-state index is -0.167. The highest BCUT2D eigenvalue weighted by atomic mass is 16.5. The summed E-state index contributed by atoms with van der Waals surface area (Å²) in [6.45, 7) is 3.50. The van der Waals surface area contributed by atoms with Crippen molar-refractivity contribution in [2.45, 2.75) is 19.9 Å². The molecule has 0 aromatic carbocycles. The van der Waals surface area contributed by atoms with Gasteiger partial charge in [0.15, 0.2) is 0 Å². The molecule has 0 unspecified atom stereocenters. The molecule has 5 nitrogen and oxygen atoms in total. The number of hydrogen-bond acceptors (Lipinski definition) is 4. The summed E-state index contributed by atoms with van der Waals surface area (Å²) in [5, 5.41) is 3.18. The lowest BCUT2D eigenvalue weighted by atomic mass is 10.4. The first kappa shape index (κ1) is 12.6. The Balaban J connectivity index is 1.78. The Morgan fingerprint density at radius 3 is 3.17 bits per heavy atom. The summed E-state index contributed by atoms with van der Waals surface area (Å²) in [5.74, 6) is -0.167. The highest BCUT2D eigenvalue weighted by Gasteiger charge is 2.02. The first-order valence-electron chi connectivity index (χ1n) is 6.08. The Kier molecular flexibility index (Phi) is 4.30. The van der Waals surface area contributed by atoms with Crippen molar-refractivity contribution in [2.24, 2.45) is 0 Å². The van der Waals surface area contributed by atoms with Gasteiger partial charge in [0.05, 0.1) is 18.7 Å². The monoisotopic (exact) mass is 247 g/mol. The van der Waals surface area contributed by atoms with Crippen molar-refractivity contribution in [2.75, 3.05) is 13.2 Å². The highest BCUT2D eigenvalue weighted by molar-refractivity contribution is 5.69. The van der Waals surface area contributed by atoms with Crippen LogP contribution in [0.2, 0.25) is 0 Å². The molecule has 96 valence electrons. The van der Waals surface area contributed by atoms with Crippen molar-refractivity contribution in [3.63, 3.8) is 0 Å². The van der Waals surface area contributed by atoms with Crippen LogP contribution in [0.3, 0.4) is 0 Å². The van der Waals surface area contributed by atoms with Crippen LogP contribution in [0, 0.1) is 0 Å². The summed E-state index contributed by atoms with van der Waals surface area (Å²) in [7, 11) is 0. The van der Waals surface area contributed by atoms with Gasteiger partial charge in [-0.05, 0) is 19.1 Å². The van der Waals surface area contributed by atoms with Gasteiger partial charge in [0.2, 0.25) is 0 Å². The summed E-state index contributed by atoms with van der Waals surface area (Å²) in [4.78, 5) is 15.6. The zero-order chi connectivity index (χ0) is 12.8. The highest BCUT2D eigenvalue weighted by Crippen LogP contribution is 2.03. The van der Waals surface area contributed by atoms with Crippen LogP contribution in [0.15, 0.2) is 30.6 Å². The first-order chi connectivity index (χ1) is 8.79. The number of nitrogens with zero attached hydrogens (tertiary/aromatic N) is 2. The maximum absolute atomic E-state index is 11.1. The van der Waals surface area contributed by atoms with Gasteiger partial charge in [-0.25, -0.2) is 4.98 Å². The predicted octanol–water partition coefficient (Wildman–Crippen LogP) is 1.38. The normalized spacial score (nSPS) is 10.7. The van der Waals surface area contributed by atoms with Gasteiger partial charge in [0.25, 0.3) is 0 Å². The molecule has 2 rings (SSSR count). The van der Waals surface area contributed by atoms with Gasteiger partial charge in [-0.3, -0.25) is 4.79 Å². The molecule has 0 aliphatic heterocycles. The maximum Gasteiger partial charge on any atom is 0.307 e. The van der Waals surface area contributed by atoms with Crippen LogP contribution in [0.25, 0.3) is 5.65 Å². The zero-order valence-electron chi connectivity index (χ0n) is 10.4. The number of imidazole rings is 1. The van der Waals surface area contributed by atoms with E-state index >= 15 is 0 Å². The number of nitrogens with one attached hydrogen (secondary N) is 1. The molecule has 0 spiro atoms. The van der Waals surface area contributed by atoms with Gasteiger partial charge in [-0.1, -0.05) is 6.07 Å². The second-order valence-corrected chi connectivity index (χ2v) is 3.93. The number of esters is 1. The molecule has 0 bridgehead atoms. The van der Waals surface area contributed by atoms with Gasteiger partial charge >= 0.3 is 5.97 Å². The molecule has 0 aliphatic rings. The lowest BCUT2D eigenvalue weighted by Crippen LogP contribution is -2.19. The van der Waals surface area contributed by atoms with E-state index in [1.165, 1.54) is 0 Å². The van der Waals surface area contributed by atoms with Crippen LogP contribution in [0.5, 0.6) is 0 Å². The molecule has 0 saturated carbocycles. The molecule has 0 fully saturated rings. The lowest BCUT2D eigenvalue weighted by molar-refractivity contribution is -0.142. The number of carbonyl (C=O) groups excluding carboxylic acids is 1. The molecule has 0 aliphatic carbocycles. The van der Waals surface area contributed by atoms with Gasteiger partial charge in [0.1, 0.15) is 5.65 Å². The van der Waals surface area contributed by atoms with E-state index in [2.05, 4.69) is 10.3 Å². The predicted molar refractivity (Wildman–Crippen MR) is 68.1 cm³/mol. The van der Waals surface area contributed by atoms with Crippen LogP contribution in [0.4, 0.5) is 0 Å². The molecule has 2 aromatic rings. The molecular formula is C13H17N3O2. The molecule has 0 amide bonds. The number of pyridine rings is 1. The van der Waals surface area contributed by atoms with Crippen molar-refractivity contribution in [1.29, 1.82) is 0 Å². The molecule has 0 radical (unpaired) electrons. The molecule has 0 saturated heterocycles. The van der Waals surface area contributed by atoms with Crippen molar-refractivity contribution < 1.29 is 9.53 Å². The van der Waals surface area contributed by atoms with Gasteiger partial charge in [-0.2, -0.15) is 0 Å². The van der Waals surface area contributed by atoms with Crippen molar-refractivity contribution >= 4 is 11.6 Å². The SMILES string of the molecule is CCOC(=O)CCNCc1cn2ccccc2n1. The number of rotatable bonds is 6. The van der Waals surface area contributed by atoms with E-state index in [1.54, 1.807) is 0 Å². The Morgan fingerprint density at radius 1 is 1.50 bits per heavy atom. The van der Waals surface area contributed by atoms with E-state index in [1.807, 2.05) is 41.9 Å². The number of aromatic nitrogens is 2. The quantitative estimate of drug-likeness (QED) is 0.619. The third-order valence-corrected chi connectivity index (χ3v) is 2.53. The summed E-state index contributed by atoms with van der Waals surface area (Å²) in [5.41, 5.74) is 1.89. The average Bonchev–Trinajstić information content (AvgIpc) is 2.77. The van der Waals surface area contributed by atoms with Crippen LogP contribution >= 0.6 is 0 Å². The largest absolute Gasteiger partial charge is 0.466 e. The molecule has 5 heteroatoms. The number of carbonyl (C=O) groups is 1. The Hall–Kier alpha value is -1.88. The molecule has 1 N–H and O–H groups in total. The third-order valence-electron chi connectivity index (χ3n) is 2.53. The van der Waals surface area contributed by atoms with Gasteiger partial charge < -0.3 is 14.5 Å². The first-order valence-corrected chi connectivity index (χ1v) is 6.08. The van der Waals surface area contributed by atoms with Crippen LogP contribution in [-0.4, -0.2) is 28.5 Å². The van der Waals surface area contributed by atoms with Crippen molar-refractivity contribution in [1.82, 2.24) is 14.7 Å². The molecule has 2 aromatic heterocycles. The van der Waals surface area contributed by atoms with Crippen molar-refractivity contribution in [3.05, 3.63) is 36.3 Å². The molecule has 0 atom stereocenters. The van der Waals surface area contributed by atoms with E-state index < -0.39 is 0 Å². The lowest BCUT2D eigenvalue weighted by Gasteiger charge is -2.02. The summed E-state index contributed by atoms with van der Waals surface area (Å²) in [6, 6.07) is 5.88. The fourth-order valence-electron chi connectivity index (χ4n) is 1.71. The second kappa shape index (κ2) is 6.16. The van der Waals surface area contributed by atoms with E-state index in [4.69, 9.17) is 4.74 Å². The van der Waals surface area contributed by atoms with E-state index in [0.717, 1.165) is 11.3 Å². The molecule has 2 heterocycles. The number of hydrogen-bond donors (Lipinski definition) is 1. The number of fused-ring (bicyclic) bond motifs is 1. The van der Waals surface area contributed by atoms with E-state index in [0.29, 0.717) is 26.1 Å². The molecule has 18 heavy (non-hydrogen) atoms. The Morgan fingerprint density at radius 2 is 2.39 bits per heavy atom. The summed E-state index contributed by atoms with van der Waals surface area (Å²) >= 11 is 0. The van der Waals surface area contributed by atoms with Gasteiger partial charge in [-0.15, -0.1) is 0 Å². The van der Waals surface area contributed by atoms with E-state index in [-0.39, 0.29) is 5.97 Å². The molecular weight excluding hydrogens is 230 g/mol. The Bertz CT molecular complexity index is 489. The van der Waals surface area contributed by atoms with Crippen molar-refractivity contribution in [3.8, 4) is 0 Å².